The van der Waals surface area contributed by atoms with Crippen LogP contribution in [0.2, 0.25) is 0 Å². The Morgan fingerprint density at radius 3 is 3.00 bits per heavy atom. The van der Waals surface area contributed by atoms with Gasteiger partial charge in [0.1, 0.15) is 5.56 Å². The molecule has 7 heteroatoms. The number of nitrogens with one attached hydrogen (secondary N) is 1. The molecule has 1 aliphatic rings. The summed E-state index contributed by atoms with van der Waals surface area (Å²) in [6, 6.07) is 0. The molecule has 0 aromatic carbocycles. The summed E-state index contributed by atoms with van der Waals surface area (Å²) in [5.41, 5.74) is 0.206. The van der Waals surface area contributed by atoms with E-state index in [2.05, 4.69) is 10.4 Å². The Labute approximate surface area is 116 Å². The molecule has 1 atom stereocenters. The summed E-state index contributed by atoms with van der Waals surface area (Å²) in [6.45, 7) is 0.507. The van der Waals surface area contributed by atoms with Gasteiger partial charge in [-0.3, -0.25) is 9.48 Å². The third kappa shape index (κ3) is 3.03. The van der Waals surface area contributed by atoms with E-state index in [-0.39, 0.29) is 11.5 Å². The monoisotopic (exact) mass is 285 g/mol. The Hall–Kier alpha value is -1.21. The Balaban J connectivity index is 2.01. The van der Waals surface area contributed by atoms with Crippen LogP contribution in [0.3, 0.4) is 0 Å². The van der Waals surface area contributed by atoms with Crippen LogP contribution < -0.4 is 10.1 Å². The molecule has 0 saturated carbocycles. The third-order valence-electron chi connectivity index (χ3n) is 3.30. The number of rotatable bonds is 5. The second kappa shape index (κ2) is 5.83. The van der Waals surface area contributed by atoms with E-state index in [1.807, 2.05) is 11.8 Å². The first-order valence-electron chi connectivity index (χ1n) is 6.09. The van der Waals surface area contributed by atoms with E-state index in [4.69, 9.17) is 9.47 Å². The standard InChI is InChI=1S/C12H19N3O3S/c1-15-6-9(11(14-15)17-2)10(16)13-7-12(18-3)4-5-19-8-12/h6H,4-5,7-8H2,1-3H3,(H,13,16). The fourth-order valence-electron chi connectivity index (χ4n) is 2.07. The zero-order valence-electron chi connectivity index (χ0n) is 11.4. The molecule has 2 rings (SSSR count). The highest BCUT2D eigenvalue weighted by Gasteiger charge is 2.35. The molecule has 106 valence electrons. The van der Waals surface area contributed by atoms with Crippen LogP contribution >= 0.6 is 11.8 Å². The summed E-state index contributed by atoms with van der Waals surface area (Å²) in [5.74, 6) is 2.14. The average Bonchev–Trinajstić information content (AvgIpc) is 3.03. The van der Waals surface area contributed by atoms with Crippen molar-refractivity contribution in [3.8, 4) is 5.88 Å². The lowest BCUT2D eigenvalue weighted by Crippen LogP contribution is -2.44. The number of aryl methyl sites for hydroxylation is 1. The van der Waals surface area contributed by atoms with Gasteiger partial charge in [0.15, 0.2) is 0 Å². The van der Waals surface area contributed by atoms with E-state index in [1.165, 1.54) is 7.11 Å². The molecule has 0 radical (unpaired) electrons. The Morgan fingerprint density at radius 2 is 2.42 bits per heavy atom. The molecule has 2 heterocycles. The molecule has 1 fully saturated rings. The first-order chi connectivity index (χ1) is 9.10. The number of hydrogen-bond acceptors (Lipinski definition) is 5. The van der Waals surface area contributed by atoms with Gasteiger partial charge in [-0.15, -0.1) is 5.10 Å². The number of carbonyl (C=O) groups excluding carboxylic acids is 1. The molecule has 6 nitrogen and oxygen atoms in total. The molecule has 0 spiro atoms. The third-order valence-corrected chi connectivity index (χ3v) is 4.53. The molecule has 1 unspecified atom stereocenters. The lowest BCUT2D eigenvalue weighted by Gasteiger charge is -2.26. The van der Waals surface area contributed by atoms with Crippen molar-refractivity contribution in [2.24, 2.45) is 7.05 Å². The summed E-state index contributed by atoms with van der Waals surface area (Å²) in [4.78, 5) is 12.1. The van der Waals surface area contributed by atoms with Crippen LogP contribution in [-0.2, 0) is 11.8 Å². The molecular weight excluding hydrogens is 266 g/mol. The van der Waals surface area contributed by atoms with Crippen molar-refractivity contribution in [3.05, 3.63) is 11.8 Å². The molecule has 0 aliphatic carbocycles. The van der Waals surface area contributed by atoms with Crippen molar-refractivity contribution in [2.75, 3.05) is 32.3 Å². The predicted molar refractivity (Wildman–Crippen MR) is 73.8 cm³/mol. The summed E-state index contributed by atoms with van der Waals surface area (Å²) in [6.07, 6.45) is 2.61. The van der Waals surface area contributed by atoms with Gasteiger partial charge in [0.25, 0.3) is 5.91 Å². The number of methoxy groups -OCH3 is 2. The first kappa shape index (κ1) is 14.2. The van der Waals surface area contributed by atoms with E-state index in [0.29, 0.717) is 18.0 Å². The maximum absolute atomic E-state index is 12.1. The second-order valence-corrected chi connectivity index (χ2v) is 5.70. The van der Waals surface area contributed by atoms with Crippen molar-refractivity contribution in [1.29, 1.82) is 0 Å². The number of thioether (sulfide) groups is 1. The van der Waals surface area contributed by atoms with Gasteiger partial charge in [-0.05, 0) is 12.2 Å². The number of amides is 1. The second-order valence-electron chi connectivity index (χ2n) is 4.60. The van der Waals surface area contributed by atoms with E-state index < -0.39 is 0 Å². The largest absolute Gasteiger partial charge is 0.479 e. The summed E-state index contributed by atoms with van der Waals surface area (Å²) in [5, 5.41) is 6.98. The number of carbonyl (C=O) groups is 1. The van der Waals surface area contributed by atoms with Crippen LogP contribution in [-0.4, -0.2) is 53.6 Å². The molecule has 1 N–H and O–H groups in total. The van der Waals surface area contributed by atoms with Crippen LogP contribution in [0.4, 0.5) is 0 Å². The zero-order valence-corrected chi connectivity index (χ0v) is 12.2. The minimum atomic E-state index is -0.240. The van der Waals surface area contributed by atoms with Gasteiger partial charge in [-0.2, -0.15) is 11.8 Å². The Kier molecular flexibility index (Phi) is 4.36. The molecule has 1 amide bonds. The Morgan fingerprint density at radius 1 is 1.63 bits per heavy atom. The van der Waals surface area contributed by atoms with Gasteiger partial charge < -0.3 is 14.8 Å². The highest BCUT2D eigenvalue weighted by Crippen LogP contribution is 2.30. The quantitative estimate of drug-likeness (QED) is 0.862. The van der Waals surface area contributed by atoms with Crippen LogP contribution in [0.5, 0.6) is 5.88 Å². The molecule has 1 aromatic heterocycles. The molecule has 1 saturated heterocycles. The van der Waals surface area contributed by atoms with Crippen molar-refractivity contribution in [2.45, 2.75) is 12.0 Å². The van der Waals surface area contributed by atoms with Gasteiger partial charge in [0.2, 0.25) is 5.88 Å². The van der Waals surface area contributed by atoms with Crippen molar-refractivity contribution in [3.63, 3.8) is 0 Å². The molecular formula is C12H19N3O3S. The van der Waals surface area contributed by atoms with E-state index in [1.54, 1.807) is 25.0 Å². The van der Waals surface area contributed by atoms with Crippen LogP contribution in [0.15, 0.2) is 6.20 Å². The summed E-state index contributed by atoms with van der Waals surface area (Å²) < 4.78 is 12.2. The Bertz CT molecular complexity index is 455. The zero-order chi connectivity index (χ0) is 13.9. The van der Waals surface area contributed by atoms with Gasteiger partial charge in [0.05, 0.1) is 12.7 Å². The lowest BCUT2D eigenvalue weighted by molar-refractivity contribution is 0.0137. The minimum absolute atomic E-state index is 0.182. The molecule has 1 aliphatic heterocycles. The SMILES string of the molecule is COc1nn(C)cc1C(=O)NCC1(OC)CCSC1. The minimum Gasteiger partial charge on any atom is -0.479 e. The normalized spacial score (nSPS) is 22.5. The predicted octanol–water partition coefficient (Wildman–Crippen LogP) is 0.681. The molecule has 1 aromatic rings. The number of hydrogen-bond donors (Lipinski definition) is 1. The van der Waals surface area contributed by atoms with E-state index in [0.717, 1.165) is 17.9 Å². The van der Waals surface area contributed by atoms with E-state index >= 15 is 0 Å². The topological polar surface area (TPSA) is 65.4 Å². The fourth-order valence-corrected chi connectivity index (χ4v) is 3.47. The highest BCUT2D eigenvalue weighted by molar-refractivity contribution is 7.99. The van der Waals surface area contributed by atoms with Crippen LogP contribution in [0.25, 0.3) is 0 Å². The van der Waals surface area contributed by atoms with Crippen molar-refractivity contribution in [1.82, 2.24) is 15.1 Å². The highest BCUT2D eigenvalue weighted by atomic mass is 32.2. The number of nitrogens with zero attached hydrogens (tertiary/aromatic N) is 2. The van der Waals surface area contributed by atoms with Gasteiger partial charge in [-0.1, -0.05) is 0 Å². The summed E-state index contributed by atoms with van der Waals surface area (Å²) in [7, 11) is 4.95. The smallest absolute Gasteiger partial charge is 0.258 e. The van der Waals surface area contributed by atoms with E-state index in [9.17, 15) is 4.79 Å². The van der Waals surface area contributed by atoms with Gasteiger partial charge in [-0.25, -0.2) is 0 Å². The van der Waals surface area contributed by atoms with Gasteiger partial charge >= 0.3 is 0 Å². The molecule has 0 bridgehead atoms. The summed E-state index contributed by atoms with van der Waals surface area (Å²) >= 11 is 1.85. The average molecular weight is 285 g/mol. The van der Waals surface area contributed by atoms with Crippen LogP contribution in [0.1, 0.15) is 16.8 Å². The van der Waals surface area contributed by atoms with Crippen molar-refractivity contribution < 1.29 is 14.3 Å². The lowest BCUT2D eigenvalue weighted by atomic mass is 10.0. The molecule has 19 heavy (non-hydrogen) atoms. The number of ether oxygens (including phenoxy) is 2. The maximum Gasteiger partial charge on any atom is 0.258 e. The number of aromatic nitrogens is 2. The first-order valence-corrected chi connectivity index (χ1v) is 7.24. The maximum atomic E-state index is 12.1. The van der Waals surface area contributed by atoms with Crippen molar-refractivity contribution >= 4 is 17.7 Å². The fraction of sp³-hybridized carbons (Fsp3) is 0.667. The van der Waals surface area contributed by atoms with Crippen LogP contribution in [0, 0.1) is 0 Å². The van der Waals surface area contributed by atoms with Gasteiger partial charge in [0, 0.05) is 32.7 Å².